The van der Waals surface area contributed by atoms with Gasteiger partial charge in [-0.25, -0.2) is 0 Å². The first-order valence-corrected chi connectivity index (χ1v) is 13.7. The molecule has 2 aromatic carbocycles. The van der Waals surface area contributed by atoms with Crippen LogP contribution in [0.3, 0.4) is 0 Å². The molecule has 2 aromatic rings. The second-order valence-electron chi connectivity index (χ2n) is 10.7. The van der Waals surface area contributed by atoms with Crippen molar-refractivity contribution in [2.24, 2.45) is 0 Å². The Kier molecular flexibility index (Phi) is 9.47. The van der Waals surface area contributed by atoms with Gasteiger partial charge in [0.1, 0.15) is 65.9 Å². The Bertz CT molecular complexity index is 1400. The number of ether oxygens (including phenoxy) is 6. The van der Waals surface area contributed by atoms with E-state index < -0.39 is 92.2 Å². The predicted molar refractivity (Wildman–Crippen MR) is 146 cm³/mol. The molecule has 0 radical (unpaired) electrons. The molecular weight excluding hydrogens is 608 g/mol. The van der Waals surface area contributed by atoms with Crippen LogP contribution >= 0.6 is 0 Å². The number of rotatable bonds is 8. The van der Waals surface area contributed by atoms with Gasteiger partial charge in [-0.05, 0) is 12.1 Å². The van der Waals surface area contributed by atoms with Crippen LogP contribution in [0.2, 0.25) is 0 Å². The fraction of sp³-hybridized carbons (Fsp3) is 0.500. The lowest BCUT2D eigenvalue weighted by molar-refractivity contribution is -0.328. The molecular formula is C28H35O17+. The van der Waals surface area contributed by atoms with Gasteiger partial charge in [0.15, 0.2) is 23.5 Å². The third-order valence-corrected chi connectivity index (χ3v) is 7.75. The Labute approximate surface area is 254 Å². The molecule has 5 rings (SSSR count). The van der Waals surface area contributed by atoms with E-state index in [1.807, 2.05) is 0 Å². The van der Waals surface area contributed by atoms with Crippen molar-refractivity contribution in [2.75, 3.05) is 20.3 Å². The van der Waals surface area contributed by atoms with Crippen LogP contribution in [0.1, 0.15) is 17.2 Å². The van der Waals surface area contributed by atoms with E-state index in [2.05, 4.69) is 4.74 Å². The van der Waals surface area contributed by atoms with Gasteiger partial charge in [-0.2, -0.15) is 0 Å². The minimum atomic E-state index is -1.86. The van der Waals surface area contributed by atoms with Gasteiger partial charge < -0.3 is 84.6 Å². The number of benzene rings is 2. The molecule has 2 fully saturated rings. The Balaban J connectivity index is 1.41. The number of hydrogen-bond donors (Lipinski definition) is 11. The van der Waals surface area contributed by atoms with Crippen LogP contribution in [0.4, 0.5) is 0 Å². The van der Waals surface area contributed by atoms with E-state index in [9.17, 15) is 56.2 Å². The molecule has 0 aliphatic carbocycles. The molecule has 0 saturated carbocycles. The summed E-state index contributed by atoms with van der Waals surface area (Å²) in [7, 11) is 1.25. The summed E-state index contributed by atoms with van der Waals surface area (Å²) in [6.45, 7) is -1.31. The van der Waals surface area contributed by atoms with Gasteiger partial charge >= 0.3 is 0 Å². The third-order valence-electron chi connectivity index (χ3n) is 7.75. The van der Waals surface area contributed by atoms with Crippen molar-refractivity contribution in [1.29, 1.82) is 0 Å². The summed E-state index contributed by atoms with van der Waals surface area (Å²) < 4.78 is 32.0. The lowest BCUT2D eigenvalue weighted by Gasteiger charge is -2.43. The topological polar surface area (TPSA) is 281 Å². The van der Waals surface area contributed by atoms with Crippen LogP contribution in [-0.4, -0.2) is 143 Å². The molecule has 11 unspecified atom stereocenters. The van der Waals surface area contributed by atoms with Crippen molar-refractivity contribution in [3.05, 3.63) is 41.2 Å². The van der Waals surface area contributed by atoms with Gasteiger partial charge in [0.2, 0.25) is 12.0 Å². The van der Waals surface area contributed by atoms with Crippen molar-refractivity contribution in [3.63, 3.8) is 0 Å². The molecule has 0 spiro atoms. The van der Waals surface area contributed by atoms with Crippen molar-refractivity contribution in [2.45, 2.75) is 67.5 Å². The average molecular weight is 644 g/mol. The van der Waals surface area contributed by atoms with Crippen LogP contribution in [0, 0.1) is 0 Å². The summed E-state index contributed by atoms with van der Waals surface area (Å²) in [5, 5.41) is 113. The number of phenolic OH excluding ortho intramolecular Hbond substituents is 4. The lowest BCUT2D eigenvalue weighted by atomic mass is 9.98. The van der Waals surface area contributed by atoms with Crippen LogP contribution in [0.25, 0.3) is 6.08 Å². The van der Waals surface area contributed by atoms with E-state index >= 15 is 0 Å². The zero-order valence-corrected chi connectivity index (χ0v) is 23.6. The molecule has 2 saturated heterocycles. The van der Waals surface area contributed by atoms with E-state index in [0.29, 0.717) is 0 Å². The largest absolute Gasteiger partial charge is 0.571 e. The molecule has 45 heavy (non-hydrogen) atoms. The van der Waals surface area contributed by atoms with E-state index in [4.69, 9.17) is 23.7 Å². The zero-order valence-electron chi connectivity index (χ0n) is 23.6. The summed E-state index contributed by atoms with van der Waals surface area (Å²) in [5.74, 6) is -1.93. The Morgan fingerprint density at radius 1 is 0.756 bits per heavy atom. The van der Waals surface area contributed by atoms with E-state index in [0.717, 1.165) is 12.1 Å². The standard InChI is InChI=1S/C28H34O17/c1-40-15-3-9(2-13(32)19(15)33)26-16(6-11-12(31)4-10(30)5-14(11)42-26)43-28-25(39)23(37)21(35)18(45-28)8-41-27-24(38)22(36)20(34)17(7-29)44-27/h2-6,17-18,20-39H,7-8H2,1H3/p+1. The van der Waals surface area contributed by atoms with Crippen LogP contribution in [0.5, 0.6) is 34.5 Å². The summed E-state index contributed by atoms with van der Waals surface area (Å²) in [5.41, 5.74) is 0.290. The molecule has 3 aliphatic rings. The number of fused-ring (bicyclic) bond motifs is 1. The quantitative estimate of drug-likeness (QED) is 0.105. The highest BCUT2D eigenvalue weighted by atomic mass is 16.7. The maximum Gasteiger partial charge on any atom is 0.270 e. The maximum atomic E-state index is 10.8. The molecule has 3 heterocycles. The van der Waals surface area contributed by atoms with Crippen LogP contribution in [0.15, 0.2) is 30.0 Å². The molecule has 17 nitrogen and oxygen atoms in total. The third kappa shape index (κ3) is 6.27. The summed E-state index contributed by atoms with van der Waals surface area (Å²) in [6.07, 6.45) is -16.5. The molecule has 11 atom stereocenters. The number of aliphatic hydroxyl groups is 8. The number of phenols is 4. The number of methoxy groups -OCH3 is 1. The summed E-state index contributed by atoms with van der Waals surface area (Å²) in [6, 6.07) is 4.80. The number of aliphatic hydroxyl groups excluding tert-OH is 7. The molecule has 17 heteroatoms. The van der Waals surface area contributed by atoms with Gasteiger partial charge in [-0.1, -0.05) is 0 Å². The van der Waals surface area contributed by atoms with E-state index in [1.165, 1.54) is 25.3 Å². The highest BCUT2D eigenvalue weighted by Crippen LogP contribution is 2.47. The van der Waals surface area contributed by atoms with Crippen molar-refractivity contribution >= 4 is 6.08 Å². The molecule has 248 valence electrons. The molecule has 3 aliphatic heterocycles. The normalized spacial score (nSPS) is 34.8. The first-order chi connectivity index (χ1) is 21.3. The van der Waals surface area contributed by atoms with E-state index in [-0.39, 0.29) is 39.9 Å². The molecule has 12 N–H and O–H groups in total. The van der Waals surface area contributed by atoms with Gasteiger partial charge in [-0.15, -0.1) is 0 Å². The Hall–Kier alpha value is -3.62. The zero-order chi connectivity index (χ0) is 32.7. The van der Waals surface area contributed by atoms with Crippen molar-refractivity contribution in [3.8, 4) is 34.5 Å². The second-order valence-corrected chi connectivity index (χ2v) is 10.7. The second kappa shape index (κ2) is 13.0. The van der Waals surface area contributed by atoms with Crippen LogP contribution in [-0.2, 0) is 18.9 Å². The first-order valence-electron chi connectivity index (χ1n) is 13.7. The monoisotopic (exact) mass is 643 g/mol. The fourth-order valence-electron chi connectivity index (χ4n) is 5.23. The van der Waals surface area contributed by atoms with Crippen molar-refractivity contribution < 1.29 is 84.6 Å². The fourth-order valence-corrected chi connectivity index (χ4v) is 5.23. The smallest absolute Gasteiger partial charge is 0.270 e. The van der Waals surface area contributed by atoms with E-state index in [1.54, 1.807) is 0 Å². The minimum absolute atomic E-state index is 0.0994. The highest BCUT2D eigenvalue weighted by molar-refractivity contribution is 5.69. The average Bonchev–Trinajstić information content (AvgIpc) is 3.01. The van der Waals surface area contributed by atoms with Gasteiger partial charge in [0, 0.05) is 12.1 Å². The van der Waals surface area contributed by atoms with Gasteiger partial charge in [0.05, 0.1) is 32.0 Å². The van der Waals surface area contributed by atoms with Crippen LogP contribution < -0.4 is 4.74 Å². The highest BCUT2D eigenvalue weighted by Gasteiger charge is 2.49. The summed E-state index contributed by atoms with van der Waals surface area (Å²) >= 11 is 0. The number of aromatic hydroxyl groups is 5. The predicted octanol–water partition coefficient (Wildman–Crippen LogP) is -2.50. The van der Waals surface area contributed by atoms with Gasteiger partial charge in [-0.3, -0.25) is 0 Å². The lowest BCUT2D eigenvalue weighted by Crippen LogP contribution is -2.61. The Morgan fingerprint density at radius 3 is 2.07 bits per heavy atom. The minimum Gasteiger partial charge on any atom is -0.571 e. The molecule has 0 aromatic heterocycles. The SMILES string of the molecule is COc1cc(C2[OH+]c3cc(O)cc(O)c3C=C2OC2OC(COC3OC(CO)C(O)C(O)C3O)C(O)C(O)C2O)cc(O)c1O. The number of hydrogen-bond acceptors (Lipinski definition) is 16. The molecule has 0 amide bonds. The summed E-state index contributed by atoms with van der Waals surface area (Å²) in [4.78, 5) is 0. The molecule has 0 bridgehead atoms. The first kappa shape index (κ1) is 32.8. The maximum absolute atomic E-state index is 10.8. The van der Waals surface area contributed by atoms with Gasteiger partial charge in [0.25, 0.3) is 11.9 Å². The Morgan fingerprint density at radius 2 is 1.40 bits per heavy atom. The van der Waals surface area contributed by atoms with Crippen molar-refractivity contribution in [1.82, 2.24) is 0 Å².